The van der Waals surface area contributed by atoms with E-state index in [9.17, 15) is 9.18 Å². The molecule has 0 unspecified atom stereocenters. The maximum atomic E-state index is 12.8. The summed E-state index contributed by atoms with van der Waals surface area (Å²) in [6.45, 7) is 0.800. The molecule has 1 aliphatic heterocycles. The van der Waals surface area contributed by atoms with Crippen molar-refractivity contribution in [2.24, 2.45) is 0 Å². The lowest BCUT2D eigenvalue weighted by molar-refractivity contribution is 0.102. The first kappa shape index (κ1) is 12.2. The molecule has 0 spiro atoms. The first-order chi connectivity index (χ1) is 9.24. The van der Waals surface area contributed by atoms with Crippen molar-refractivity contribution in [3.05, 3.63) is 35.6 Å². The van der Waals surface area contributed by atoms with E-state index in [4.69, 9.17) is 0 Å². The van der Waals surface area contributed by atoms with Crippen LogP contribution in [0.25, 0.3) is 0 Å². The topological polar surface area (TPSA) is 59.8 Å². The van der Waals surface area contributed by atoms with Crippen molar-refractivity contribution in [1.29, 1.82) is 0 Å². The number of carbonyl (C=O) groups excluding carboxylic acids is 1. The molecule has 2 aromatic rings. The summed E-state index contributed by atoms with van der Waals surface area (Å²) in [5.41, 5.74) is 0.391. The Kier molecular flexibility index (Phi) is 3.20. The largest absolute Gasteiger partial charge is 0.290 e. The number of rotatable bonds is 2. The van der Waals surface area contributed by atoms with Gasteiger partial charge in [-0.15, -0.1) is 10.2 Å². The van der Waals surface area contributed by atoms with Crippen molar-refractivity contribution >= 4 is 23.6 Å². The van der Waals surface area contributed by atoms with Gasteiger partial charge in [-0.25, -0.2) is 4.39 Å². The number of aromatic nitrogens is 3. The zero-order valence-corrected chi connectivity index (χ0v) is 10.8. The molecule has 3 rings (SSSR count). The van der Waals surface area contributed by atoms with Crippen molar-refractivity contribution < 1.29 is 9.18 Å². The number of thioether (sulfide) groups is 1. The summed E-state index contributed by atoms with van der Waals surface area (Å²) in [7, 11) is 0. The molecule has 0 atom stereocenters. The molecule has 5 nitrogen and oxygen atoms in total. The van der Waals surface area contributed by atoms with Crippen LogP contribution >= 0.6 is 11.8 Å². The van der Waals surface area contributed by atoms with Crippen LogP contribution in [0.3, 0.4) is 0 Å². The smallest absolute Gasteiger partial charge is 0.258 e. The lowest BCUT2D eigenvalue weighted by atomic mass is 10.2. The number of fused-ring (bicyclic) bond motifs is 1. The first-order valence-electron chi connectivity index (χ1n) is 5.87. The average Bonchev–Trinajstić information content (AvgIpc) is 2.83. The van der Waals surface area contributed by atoms with Crippen molar-refractivity contribution in [2.75, 3.05) is 11.1 Å². The number of anilines is 1. The summed E-state index contributed by atoms with van der Waals surface area (Å²) in [6.07, 6.45) is 1.02. The summed E-state index contributed by atoms with van der Waals surface area (Å²) in [5, 5.41) is 11.5. The summed E-state index contributed by atoms with van der Waals surface area (Å²) in [6, 6.07) is 5.38. The van der Waals surface area contributed by atoms with Crippen LogP contribution < -0.4 is 5.32 Å². The lowest BCUT2D eigenvalue weighted by Crippen LogP contribution is -2.17. The van der Waals surface area contributed by atoms with E-state index in [0.717, 1.165) is 23.9 Å². The van der Waals surface area contributed by atoms with E-state index in [1.54, 1.807) is 11.8 Å². The molecule has 1 aromatic heterocycles. The third kappa shape index (κ3) is 2.46. The van der Waals surface area contributed by atoms with Gasteiger partial charge in [-0.05, 0) is 30.7 Å². The van der Waals surface area contributed by atoms with Gasteiger partial charge in [0.15, 0.2) is 5.16 Å². The number of nitrogens with one attached hydrogen (secondary N) is 1. The van der Waals surface area contributed by atoms with Gasteiger partial charge >= 0.3 is 0 Å². The second kappa shape index (κ2) is 5.00. The Hall–Kier alpha value is -1.89. The predicted molar refractivity (Wildman–Crippen MR) is 69.7 cm³/mol. The normalized spacial score (nSPS) is 13.9. The molecular formula is C12H11FN4OS. The number of amides is 1. The van der Waals surface area contributed by atoms with Crippen molar-refractivity contribution in [2.45, 2.75) is 18.1 Å². The summed E-state index contributed by atoms with van der Waals surface area (Å²) in [5.74, 6) is 0.777. The lowest BCUT2D eigenvalue weighted by Gasteiger charge is -2.14. The van der Waals surface area contributed by atoms with Crippen LogP contribution in [-0.2, 0) is 6.54 Å². The summed E-state index contributed by atoms with van der Waals surface area (Å²) < 4.78 is 14.7. The molecular weight excluding hydrogens is 267 g/mol. The van der Waals surface area contributed by atoms with E-state index in [1.807, 2.05) is 4.57 Å². The monoisotopic (exact) mass is 278 g/mol. The maximum Gasteiger partial charge on any atom is 0.258 e. The molecule has 0 saturated heterocycles. The van der Waals surface area contributed by atoms with Gasteiger partial charge in [0.25, 0.3) is 5.91 Å². The van der Waals surface area contributed by atoms with Gasteiger partial charge in [-0.2, -0.15) is 0 Å². The number of halogens is 1. The minimum Gasteiger partial charge on any atom is -0.290 e. The highest BCUT2D eigenvalue weighted by Gasteiger charge is 2.18. The van der Waals surface area contributed by atoms with Gasteiger partial charge in [-0.3, -0.25) is 14.7 Å². The molecule has 1 aliphatic rings. The fraction of sp³-hybridized carbons (Fsp3) is 0.250. The number of benzene rings is 1. The van der Waals surface area contributed by atoms with Crippen molar-refractivity contribution in [3.8, 4) is 0 Å². The van der Waals surface area contributed by atoms with E-state index in [-0.39, 0.29) is 11.7 Å². The van der Waals surface area contributed by atoms with Crippen molar-refractivity contribution in [1.82, 2.24) is 14.8 Å². The van der Waals surface area contributed by atoms with Gasteiger partial charge in [0.2, 0.25) is 5.95 Å². The Labute approximate surface area is 113 Å². The highest BCUT2D eigenvalue weighted by molar-refractivity contribution is 7.99. The highest BCUT2D eigenvalue weighted by atomic mass is 32.2. The molecule has 0 radical (unpaired) electrons. The number of carbonyl (C=O) groups is 1. The molecule has 98 valence electrons. The molecule has 1 aromatic carbocycles. The van der Waals surface area contributed by atoms with Crippen LogP contribution in [0.2, 0.25) is 0 Å². The molecule has 1 amide bonds. The van der Waals surface area contributed by atoms with E-state index in [2.05, 4.69) is 15.5 Å². The Balaban J connectivity index is 1.79. The van der Waals surface area contributed by atoms with E-state index in [0.29, 0.717) is 11.5 Å². The van der Waals surface area contributed by atoms with Crippen LogP contribution in [0.1, 0.15) is 16.8 Å². The van der Waals surface area contributed by atoms with E-state index >= 15 is 0 Å². The molecule has 0 bridgehead atoms. The minimum atomic E-state index is -0.368. The number of hydrogen-bond donors (Lipinski definition) is 1. The number of nitrogens with zero attached hydrogens (tertiary/aromatic N) is 3. The molecule has 1 N–H and O–H groups in total. The fourth-order valence-electron chi connectivity index (χ4n) is 1.85. The van der Waals surface area contributed by atoms with Crippen LogP contribution in [-0.4, -0.2) is 26.4 Å². The van der Waals surface area contributed by atoms with Gasteiger partial charge < -0.3 is 0 Å². The Morgan fingerprint density at radius 1 is 1.32 bits per heavy atom. The number of hydrogen-bond acceptors (Lipinski definition) is 4. The highest BCUT2D eigenvalue weighted by Crippen LogP contribution is 2.25. The Morgan fingerprint density at radius 3 is 2.89 bits per heavy atom. The summed E-state index contributed by atoms with van der Waals surface area (Å²) >= 11 is 1.62. The van der Waals surface area contributed by atoms with Crippen LogP contribution in [0.4, 0.5) is 10.3 Å². The Bertz CT molecular complexity index is 611. The molecule has 2 heterocycles. The minimum absolute atomic E-state index is 0.314. The van der Waals surface area contributed by atoms with Crippen molar-refractivity contribution in [3.63, 3.8) is 0 Å². The van der Waals surface area contributed by atoms with E-state index in [1.165, 1.54) is 24.3 Å². The fourth-order valence-corrected chi connectivity index (χ4v) is 2.74. The van der Waals surface area contributed by atoms with E-state index < -0.39 is 0 Å². The molecule has 0 saturated carbocycles. The third-order valence-electron chi connectivity index (χ3n) is 2.81. The second-order valence-corrected chi connectivity index (χ2v) is 5.18. The maximum absolute atomic E-state index is 12.8. The quantitative estimate of drug-likeness (QED) is 0.914. The molecule has 0 aliphatic carbocycles. The van der Waals surface area contributed by atoms with Gasteiger partial charge in [0.1, 0.15) is 5.82 Å². The SMILES string of the molecule is O=C(Nc1nnc2n1CCCS2)c1ccc(F)cc1. The average molecular weight is 278 g/mol. The first-order valence-corrected chi connectivity index (χ1v) is 6.85. The van der Waals surface area contributed by atoms with Gasteiger partial charge in [0.05, 0.1) is 0 Å². The second-order valence-electron chi connectivity index (χ2n) is 4.12. The zero-order valence-electron chi connectivity index (χ0n) is 9.97. The molecule has 19 heavy (non-hydrogen) atoms. The van der Waals surface area contributed by atoms with Crippen LogP contribution in [0.15, 0.2) is 29.4 Å². The van der Waals surface area contributed by atoms with Gasteiger partial charge in [0, 0.05) is 17.9 Å². The van der Waals surface area contributed by atoms with Gasteiger partial charge in [-0.1, -0.05) is 11.8 Å². The zero-order chi connectivity index (χ0) is 13.2. The Morgan fingerprint density at radius 2 is 2.11 bits per heavy atom. The van der Waals surface area contributed by atoms with Crippen LogP contribution in [0, 0.1) is 5.82 Å². The van der Waals surface area contributed by atoms with Crippen LogP contribution in [0.5, 0.6) is 0 Å². The molecule has 7 heteroatoms. The standard InChI is InChI=1S/C12H11FN4OS/c13-9-4-2-8(3-5-9)10(18)14-11-15-16-12-17(11)6-1-7-19-12/h2-5H,1,6-7H2,(H,14,15,18). The molecule has 0 fully saturated rings. The third-order valence-corrected chi connectivity index (χ3v) is 3.86. The summed E-state index contributed by atoms with van der Waals surface area (Å²) in [4.78, 5) is 12.0. The predicted octanol–water partition coefficient (Wildman–Crippen LogP) is 2.17.